The number of anilines is 2. The smallest absolute Gasteiger partial charge is 0.290 e. The second-order valence-corrected chi connectivity index (χ2v) is 10.3. The van der Waals surface area contributed by atoms with Crippen molar-refractivity contribution in [3.8, 4) is 0 Å². The SMILES string of the molecule is O=C1NC(=O)/C(=C/c2cc(N3CCOCC3)nc(N3CC4(CN(C(=O)c5ccccc5)C4)C3)n2)S1. The number of carbonyl (C=O) groups excluding carboxylic acids is 3. The fourth-order valence-electron chi connectivity index (χ4n) is 4.94. The quantitative estimate of drug-likeness (QED) is 0.637. The van der Waals surface area contributed by atoms with E-state index in [2.05, 4.69) is 15.1 Å². The molecule has 4 fully saturated rings. The molecular weight excluding hydrogens is 468 g/mol. The highest BCUT2D eigenvalue weighted by atomic mass is 32.2. The third-order valence-corrected chi connectivity index (χ3v) is 7.48. The van der Waals surface area contributed by atoms with Crippen LogP contribution in [-0.4, -0.2) is 84.4 Å². The molecule has 6 rings (SSSR count). The monoisotopic (exact) mass is 492 g/mol. The summed E-state index contributed by atoms with van der Waals surface area (Å²) in [7, 11) is 0. The lowest BCUT2D eigenvalue weighted by atomic mass is 9.72. The minimum absolute atomic E-state index is 0.0645. The van der Waals surface area contributed by atoms with Gasteiger partial charge in [0.15, 0.2) is 0 Å². The summed E-state index contributed by atoms with van der Waals surface area (Å²) in [6, 6.07) is 11.2. The molecular formula is C24H24N6O4S. The molecule has 3 amide bonds. The van der Waals surface area contributed by atoms with Crippen molar-refractivity contribution in [3.63, 3.8) is 0 Å². The topological polar surface area (TPSA) is 108 Å². The van der Waals surface area contributed by atoms with E-state index < -0.39 is 5.91 Å². The van der Waals surface area contributed by atoms with E-state index in [4.69, 9.17) is 14.7 Å². The van der Waals surface area contributed by atoms with E-state index in [1.807, 2.05) is 41.3 Å². The molecule has 0 bridgehead atoms. The number of nitrogens with one attached hydrogen (secondary N) is 1. The first-order valence-electron chi connectivity index (χ1n) is 11.5. The average Bonchev–Trinajstić information content (AvgIpc) is 3.14. The molecule has 1 aromatic carbocycles. The van der Waals surface area contributed by atoms with Gasteiger partial charge in [-0.2, -0.15) is 4.98 Å². The number of morpholine rings is 1. The fourth-order valence-corrected chi connectivity index (χ4v) is 5.61. The van der Waals surface area contributed by atoms with Gasteiger partial charge < -0.3 is 19.4 Å². The van der Waals surface area contributed by atoms with Gasteiger partial charge in [0.05, 0.1) is 23.8 Å². The molecule has 0 atom stereocenters. The first kappa shape index (κ1) is 22.1. The lowest BCUT2D eigenvalue weighted by Crippen LogP contribution is -2.73. The number of imide groups is 1. The van der Waals surface area contributed by atoms with Crippen LogP contribution in [0.4, 0.5) is 16.6 Å². The molecule has 0 unspecified atom stereocenters. The summed E-state index contributed by atoms with van der Waals surface area (Å²) >= 11 is 0.874. The number of rotatable bonds is 4. The number of hydrogen-bond acceptors (Lipinski definition) is 9. The van der Waals surface area contributed by atoms with Crippen LogP contribution in [-0.2, 0) is 9.53 Å². The van der Waals surface area contributed by atoms with E-state index in [-0.39, 0.29) is 16.6 Å². The Morgan fingerprint density at radius 2 is 1.77 bits per heavy atom. The number of nitrogens with zero attached hydrogens (tertiary/aromatic N) is 5. The highest BCUT2D eigenvalue weighted by Gasteiger charge is 2.54. The van der Waals surface area contributed by atoms with Crippen molar-refractivity contribution in [1.29, 1.82) is 0 Å². The third-order valence-electron chi connectivity index (χ3n) is 6.67. The summed E-state index contributed by atoms with van der Waals surface area (Å²) in [5.74, 6) is 1.02. The highest BCUT2D eigenvalue weighted by Crippen LogP contribution is 2.42. The number of thioether (sulfide) groups is 1. The first-order valence-corrected chi connectivity index (χ1v) is 12.4. The predicted molar refractivity (Wildman–Crippen MR) is 131 cm³/mol. The van der Waals surface area contributed by atoms with E-state index >= 15 is 0 Å². The predicted octanol–water partition coefficient (Wildman–Crippen LogP) is 1.60. The van der Waals surface area contributed by atoms with Crippen LogP contribution < -0.4 is 15.1 Å². The Morgan fingerprint density at radius 1 is 1.03 bits per heavy atom. The van der Waals surface area contributed by atoms with E-state index in [9.17, 15) is 14.4 Å². The Hall–Kier alpha value is -3.44. The van der Waals surface area contributed by atoms with E-state index in [1.54, 1.807) is 6.08 Å². The molecule has 10 nitrogen and oxygen atoms in total. The number of carbonyl (C=O) groups is 3. The fraction of sp³-hybridized carbons (Fsp3) is 0.375. The van der Waals surface area contributed by atoms with Gasteiger partial charge in [-0.25, -0.2) is 4.98 Å². The maximum Gasteiger partial charge on any atom is 0.290 e. The molecule has 1 spiro atoms. The largest absolute Gasteiger partial charge is 0.378 e. The number of benzene rings is 1. The molecule has 180 valence electrons. The Labute approximate surface area is 206 Å². The minimum atomic E-state index is -0.409. The number of likely N-dealkylation sites (tertiary alicyclic amines) is 1. The molecule has 1 N–H and O–H groups in total. The van der Waals surface area contributed by atoms with Crippen LogP contribution in [0.15, 0.2) is 41.3 Å². The second kappa shape index (κ2) is 8.65. The summed E-state index contributed by atoms with van der Waals surface area (Å²) in [6.45, 7) is 5.67. The molecule has 0 saturated carbocycles. The minimum Gasteiger partial charge on any atom is -0.378 e. The number of aromatic nitrogens is 2. The van der Waals surface area contributed by atoms with Crippen LogP contribution in [0.25, 0.3) is 6.08 Å². The lowest BCUT2D eigenvalue weighted by Gasteiger charge is -2.60. The second-order valence-electron chi connectivity index (χ2n) is 9.29. The molecule has 35 heavy (non-hydrogen) atoms. The maximum atomic E-state index is 12.7. The number of ether oxygens (including phenoxy) is 1. The van der Waals surface area contributed by atoms with Gasteiger partial charge in [0.2, 0.25) is 5.95 Å². The molecule has 5 heterocycles. The van der Waals surface area contributed by atoms with E-state index in [0.29, 0.717) is 35.3 Å². The van der Waals surface area contributed by atoms with Gasteiger partial charge in [0, 0.05) is 56.3 Å². The summed E-state index contributed by atoms with van der Waals surface area (Å²) in [6.07, 6.45) is 1.64. The normalized spacial score (nSPS) is 22.3. The van der Waals surface area contributed by atoms with Crippen LogP contribution in [0.3, 0.4) is 0 Å². The highest BCUT2D eigenvalue weighted by molar-refractivity contribution is 8.18. The number of amides is 3. The van der Waals surface area contributed by atoms with E-state index in [0.717, 1.165) is 56.8 Å². The standard InChI is InChI=1S/C24H24N6O4S/c31-20-18(35-23(33)27-20)10-17-11-19(28-6-8-34-9-7-28)26-22(25-17)30-14-24(15-30)12-29(13-24)21(32)16-4-2-1-3-5-16/h1-5,10-11H,6-9,12-15H2,(H,27,31,33)/b18-10-. The molecule has 1 aromatic heterocycles. The van der Waals surface area contributed by atoms with Gasteiger partial charge in [-0.1, -0.05) is 18.2 Å². The van der Waals surface area contributed by atoms with Crippen LogP contribution in [0.2, 0.25) is 0 Å². The van der Waals surface area contributed by atoms with Crippen molar-refractivity contribution in [1.82, 2.24) is 20.2 Å². The molecule has 11 heteroatoms. The Balaban J connectivity index is 1.19. The molecule has 4 aliphatic rings. The third kappa shape index (κ3) is 4.25. The van der Waals surface area contributed by atoms with Crippen molar-refractivity contribution in [3.05, 3.63) is 52.6 Å². The lowest BCUT2D eigenvalue weighted by molar-refractivity contribution is -0.115. The molecule has 4 saturated heterocycles. The molecule has 2 aromatic rings. The zero-order valence-electron chi connectivity index (χ0n) is 19.0. The van der Waals surface area contributed by atoms with Crippen molar-refractivity contribution >= 4 is 46.7 Å². The summed E-state index contributed by atoms with van der Waals surface area (Å²) in [4.78, 5) is 52.3. The van der Waals surface area contributed by atoms with Gasteiger partial charge in [0.1, 0.15) is 5.82 Å². The Morgan fingerprint density at radius 3 is 2.46 bits per heavy atom. The summed E-state index contributed by atoms with van der Waals surface area (Å²) in [5.41, 5.74) is 1.36. The van der Waals surface area contributed by atoms with Gasteiger partial charge in [-0.3, -0.25) is 19.7 Å². The van der Waals surface area contributed by atoms with Crippen LogP contribution >= 0.6 is 11.8 Å². The van der Waals surface area contributed by atoms with Gasteiger partial charge in [-0.05, 0) is 30.0 Å². The number of hydrogen-bond donors (Lipinski definition) is 1. The van der Waals surface area contributed by atoms with Crippen molar-refractivity contribution in [2.24, 2.45) is 5.41 Å². The van der Waals surface area contributed by atoms with Crippen LogP contribution in [0, 0.1) is 5.41 Å². The molecule has 0 aliphatic carbocycles. The van der Waals surface area contributed by atoms with E-state index in [1.165, 1.54) is 0 Å². The average molecular weight is 493 g/mol. The van der Waals surface area contributed by atoms with Gasteiger partial charge in [0.25, 0.3) is 17.1 Å². The Bertz CT molecular complexity index is 1220. The van der Waals surface area contributed by atoms with Gasteiger partial charge in [-0.15, -0.1) is 0 Å². The molecule has 4 aliphatic heterocycles. The van der Waals surface area contributed by atoms with Crippen LogP contribution in [0.1, 0.15) is 16.1 Å². The Kier molecular flexibility index (Phi) is 5.45. The zero-order valence-corrected chi connectivity index (χ0v) is 19.8. The summed E-state index contributed by atoms with van der Waals surface area (Å²) < 4.78 is 5.47. The maximum absolute atomic E-state index is 12.7. The van der Waals surface area contributed by atoms with Crippen molar-refractivity contribution < 1.29 is 19.1 Å². The van der Waals surface area contributed by atoms with Crippen molar-refractivity contribution in [2.75, 3.05) is 62.3 Å². The molecule has 0 radical (unpaired) electrons. The van der Waals surface area contributed by atoms with Crippen molar-refractivity contribution in [2.45, 2.75) is 0 Å². The zero-order chi connectivity index (χ0) is 24.0. The van der Waals surface area contributed by atoms with Crippen LogP contribution in [0.5, 0.6) is 0 Å². The van der Waals surface area contributed by atoms with Gasteiger partial charge >= 0.3 is 0 Å². The first-order chi connectivity index (χ1) is 17.0. The summed E-state index contributed by atoms with van der Waals surface area (Å²) in [5, 5.41) is 1.90.